The zero-order valence-corrected chi connectivity index (χ0v) is 13.9. The SMILES string of the molecule is Cc1nc2cc(CNC(=O)Cc3ccccc3Cl)ccc2n1C. The van der Waals surface area contributed by atoms with Gasteiger partial charge in [0.25, 0.3) is 0 Å². The zero-order chi connectivity index (χ0) is 16.4. The van der Waals surface area contributed by atoms with E-state index >= 15 is 0 Å². The number of hydrogen-bond donors (Lipinski definition) is 1. The molecule has 1 aromatic heterocycles. The van der Waals surface area contributed by atoms with Gasteiger partial charge in [-0.25, -0.2) is 4.98 Å². The number of nitrogens with zero attached hydrogens (tertiary/aromatic N) is 2. The first-order valence-corrected chi connectivity index (χ1v) is 7.84. The molecule has 0 aliphatic heterocycles. The van der Waals surface area contributed by atoms with Crippen LogP contribution < -0.4 is 5.32 Å². The van der Waals surface area contributed by atoms with Crippen molar-refractivity contribution in [3.8, 4) is 0 Å². The Balaban J connectivity index is 1.66. The van der Waals surface area contributed by atoms with Crippen molar-refractivity contribution < 1.29 is 4.79 Å². The lowest BCUT2D eigenvalue weighted by Gasteiger charge is -2.07. The molecule has 2 aromatic carbocycles. The number of hydrogen-bond acceptors (Lipinski definition) is 2. The molecule has 23 heavy (non-hydrogen) atoms. The topological polar surface area (TPSA) is 46.9 Å². The maximum atomic E-state index is 12.1. The van der Waals surface area contributed by atoms with Crippen LogP contribution in [0.2, 0.25) is 5.02 Å². The minimum atomic E-state index is -0.0459. The van der Waals surface area contributed by atoms with E-state index in [1.807, 2.05) is 50.4 Å². The number of fused-ring (bicyclic) bond motifs is 1. The molecule has 1 amide bonds. The number of amides is 1. The second kappa shape index (κ2) is 6.42. The quantitative estimate of drug-likeness (QED) is 0.798. The van der Waals surface area contributed by atoms with Crippen molar-refractivity contribution >= 4 is 28.5 Å². The number of nitrogens with one attached hydrogen (secondary N) is 1. The van der Waals surface area contributed by atoms with Crippen LogP contribution in [0.25, 0.3) is 11.0 Å². The summed E-state index contributed by atoms with van der Waals surface area (Å²) < 4.78 is 2.05. The average molecular weight is 328 g/mol. The number of carbonyl (C=O) groups excluding carboxylic acids is 1. The number of aryl methyl sites for hydroxylation is 2. The highest BCUT2D eigenvalue weighted by Gasteiger charge is 2.08. The summed E-state index contributed by atoms with van der Waals surface area (Å²) in [5.41, 5.74) is 3.90. The van der Waals surface area contributed by atoms with Crippen molar-refractivity contribution in [3.05, 3.63) is 64.4 Å². The van der Waals surface area contributed by atoms with Crippen LogP contribution in [0.15, 0.2) is 42.5 Å². The van der Waals surface area contributed by atoms with Gasteiger partial charge in [0, 0.05) is 18.6 Å². The molecule has 0 aliphatic rings. The average Bonchev–Trinajstić information content (AvgIpc) is 2.82. The lowest BCUT2D eigenvalue weighted by Crippen LogP contribution is -2.24. The Morgan fingerprint density at radius 3 is 2.83 bits per heavy atom. The largest absolute Gasteiger partial charge is 0.352 e. The smallest absolute Gasteiger partial charge is 0.224 e. The fraction of sp³-hybridized carbons (Fsp3) is 0.222. The Hall–Kier alpha value is -2.33. The van der Waals surface area contributed by atoms with Gasteiger partial charge in [0.1, 0.15) is 5.82 Å². The molecule has 4 nitrogen and oxygen atoms in total. The van der Waals surface area contributed by atoms with Crippen LogP contribution >= 0.6 is 11.6 Å². The molecule has 0 aliphatic carbocycles. The summed E-state index contributed by atoms with van der Waals surface area (Å²) in [6.07, 6.45) is 0.282. The van der Waals surface area contributed by atoms with Crippen LogP contribution in [0, 0.1) is 6.92 Å². The normalized spacial score (nSPS) is 10.9. The van der Waals surface area contributed by atoms with Gasteiger partial charge in [-0.05, 0) is 36.2 Å². The molecule has 0 atom stereocenters. The number of benzene rings is 2. The van der Waals surface area contributed by atoms with Crippen LogP contribution in [0.3, 0.4) is 0 Å². The number of carbonyl (C=O) groups is 1. The number of aromatic nitrogens is 2. The Kier molecular flexibility index (Phi) is 4.35. The standard InChI is InChI=1S/C18H18ClN3O/c1-12-21-16-9-13(7-8-17(16)22(12)2)11-20-18(23)10-14-5-3-4-6-15(14)19/h3-9H,10-11H2,1-2H3,(H,20,23). The van der Waals surface area contributed by atoms with Crippen molar-refractivity contribution in [2.45, 2.75) is 19.9 Å². The minimum Gasteiger partial charge on any atom is -0.352 e. The molecule has 3 aromatic rings. The van der Waals surface area contributed by atoms with Crippen molar-refractivity contribution in [2.75, 3.05) is 0 Å². The first-order chi connectivity index (χ1) is 11.0. The molecule has 0 saturated heterocycles. The van der Waals surface area contributed by atoms with E-state index in [1.165, 1.54) is 0 Å². The molecule has 1 N–H and O–H groups in total. The van der Waals surface area contributed by atoms with Gasteiger partial charge in [-0.1, -0.05) is 35.9 Å². The minimum absolute atomic E-state index is 0.0459. The molecule has 0 bridgehead atoms. The Morgan fingerprint density at radius 1 is 1.26 bits per heavy atom. The number of imidazole rings is 1. The maximum absolute atomic E-state index is 12.1. The predicted molar refractivity (Wildman–Crippen MR) is 92.5 cm³/mol. The van der Waals surface area contributed by atoms with E-state index in [0.717, 1.165) is 28.0 Å². The third kappa shape index (κ3) is 3.37. The van der Waals surface area contributed by atoms with E-state index in [0.29, 0.717) is 11.6 Å². The van der Waals surface area contributed by atoms with Gasteiger partial charge in [0.05, 0.1) is 17.5 Å². The molecular formula is C18H18ClN3O. The highest BCUT2D eigenvalue weighted by atomic mass is 35.5. The summed E-state index contributed by atoms with van der Waals surface area (Å²) in [7, 11) is 2.00. The third-order valence-electron chi connectivity index (χ3n) is 3.97. The molecule has 5 heteroatoms. The van der Waals surface area contributed by atoms with Gasteiger partial charge >= 0.3 is 0 Å². The maximum Gasteiger partial charge on any atom is 0.224 e. The highest BCUT2D eigenvalue weighted by Crippen LogP contribution is 2.17. The molecule has 0 radical (unpaired) electrons. The second-order valence-electron chi connectivity index (χ2n) is 5.59. The fourth-order valence-corrected chi connectivity index (χ4v) is 2.76. The molecule has 0 spiro atoms. The van der Waals surface area contributed by atoms with Gasteiger partial charge in [-0.2, -0.15) is 0 Å². The Morgan fingerprint density at radius 2 is 2.04 bits per heavy atom. The van der Waals surface area contributed by atoms with Gasteiger partial charge in [0.2, 0.25) is 5.91 Å². The van der Waals surface area contributed by atoms with E-state index in [2.05, 4.69) is 14.9 Å². The molecule has 3 rings (SSSR count). The summed E-state index contributed by atoms with van der Waals surface area (Å²) in [5.74, 6) is 0.926. The van der Waals surface area contributed by atoms with Crippen molar-refractivity contribution in [3.63, 3.8) is 0 Å². The van der Waals surface area contributed by atoms with E-state index in [1.54, 1.807) is 6.07 Å². The van der Waals surface area contributed by atoms with E-state index < -0.39 is 0 Å². The summed E-state index contributed by atoms with van der Waals surface area (Å²) in [6.45, 7) is 2.46. The van der Waals surface area contributed by atoms with Crippen LogP contribution in [0.4, 0.5) is 0 Å². The first kappa shape index (κ1) is 15.6. The van der Waals surface area contributed by atoms with Crippen molar-refractivity contribution in [2.24, 2.45) is 7.05 Å². The molecule has 1 heterocycles. The molecular weight excluding hydrogens is 310 g/mol. The zero-order valence-electron chi connectivity index (χ0n) is 13.1. The molecule has 0 saturated carbocycles. The number of halogens is 1. The molecule has 0 fully saturated rings. The lowest BCUT2D eigenvalue weighted by molar-refractivity contribution is -0.120. The van der Waals surface area contributed by atoms with Crippen molar-refractivity contribution in [1.29, 1.82) is 0 Å². The lowest BCUT2D eigenvalue weighted by atomic mass is 10.1. The predicted octanol–water partition coefficient (Wildman–Crippen LogP) is 3.39. The van der Waals surface area contributed by atoms with E-state index in [9.17, 15) is 4.79 Å². The highest BCUT2D eigenvalue weighted by molar-refractivity contribution is 6.31. The van der Waals surface area contributed by atoms with Crippen LogP contribution in [0.1, 0.15) is 17.0 Å². The summed E-state index contributed by atoms with van der Waals surface area (Å²) in [6, 6.07) is 13.5. The second-order valence-corrected chi connectivity index (χ2v) is 5.99. The van der Waals surface area contributed by atoms with Crippen LogP contribution in [-0.2, 0) is 24.8 Å². The fourth-order valence-electron chi connectivity index (χ4n) is 2.55. The van der Waals surface area contributed by atoms with Gasteiger partial charge < -0.3 is 9.88 Å². The van der Waals surface area contributed by atoms with Crippen molar-refractivity contribution in [1.82, 2.24) is 14.9 Å². The molecule has 0 unspecified atom stereocenters. The van der Waals surface area contributed by atoms with E-state index in [-0.39, 0.29) is 12.3 Å². The van der Waals surface area contributed by atoms with E-state index in [4.69, 9.17) is 11.6 Å². The summed E-state index contributed by atoms with van der Waals surface area (Å²) in [4.78, 5) is 16.6. The summed E-state index contributed by atoms with van der Waals surface area (Å²) in [5, 5.41) is 3.55. The van der Waals surface area contributed by atoms with Crippen LogP contribution in [0.5, 0.6) is 0 Å². The summed E-state index contributed by atoms with van der Waals surface area (Å²) >= 11 is 6.08. The Labute approximate surface area is 140 Å². The molecule has 118 valence electrons. The van der Waals surface area contributed by atoms with Crippen LogP contribution in [-0.4, -0.2) is 15.5 Å². The number of rotatable bonds is 4. The Bertz CT molecular complexity index is 870. The van der Waals surface area contributed by atoms with Gasteiger partial charge in [0.15, 0.2) is 0 Å². The van der Waals surface area contributed by atoms with Gasteiger partial charge in [-0.15, -0.1) is 0 Å². The van der Waals surface area contributed by atoms with Gasteiger partial charge in [-0.3, -0.25) is 4.79 Å². The first-order valence-electron chi connectivity index (χ1n) is 7.46. The monoisotopic (exact) mass is 327 g/mol. The third-order valence-corrected chi connectivity index (χ3v) is 4.34.